The first-order valence-corrected chi connectivity index (χ1v) is 10.3. The first kappa shape index (κ1) is 19.4. The smallest absolute Gasteiger partial charge is 0.251 e. The van der Waals surface area contributed by atoms with Gasteiger partial charge in [-0.1, -0.05) is 22.0 Å². The maximum absolute atomic E-state index is 12.5. The second kappa shape index (κ2) is 8.61. The van der Waals surface area contributed by atoms with Gasteiger partial charge < -0.3 is 15.2 Å². The molecule has 1 aromatic carbocycles. The highest BCUT2D eigenvalue weighted by atomic mass is 79.9. The lowest BCUT2D eigenvalue weighted by atomic mass is 9.99. The standard InChI is InChI=1S/C22H21BrN4O2/c23-17-5-3-16(4-6-17)22(29)25-11-7-20(28)27-12-8-15(9-13-27)19-14-26-21-18(19)2-1-10-24-21/h1-6,8,10,14H,7,9,11-13H2,(H,24,26)(H,25,29). The summed E-state index contributed by atoms with van der Waals surface area (Å²) >= 11 is 3.35. The van der Waals surface area contributed by atoms with Gasteiger partial charge in [-0.05, 0) is 48.4 Å². The Morgan fingerprint density at radius 2 is 2.03 bits per heavy atom. The summed E-state index contributed by atoms with van der Waals surface area (Å²) in [6.45, 7) is 1.59. The molecule has 2 aromatic heterocycles. The Morgan fingerprint density at radius 1 is 1.21 bits per heavy atom. The van der Waals surface area contributed by atoms with Crippen molar-refractivity contribution in [3.8, 4) is 0 Å². The second-order valence-electron chi connectivity index (χ2n) is 6.93. The second-order valence-corrected chi connectivity index (χ2v) is 7.85. The number of pyridine rings is 1. The molecule has 0 saturated carbocycles. The number of carbonyl (C=O) groups excluding carboxylic acids is 2. The van der Waals surface area contributed by atoms with Crippen LogP contribution in [0.5, 0.6) is 0 Å². The average molecular weight is 453 g/mol. The molecule has 148 valence electrons. The lowest BCUT2D eigenvalue weighted by Gasteiger charge is -2.26. The largest absolute Gasteiger partial charge is 0.352 e. The summed E-state index contributed by atoms with van der Waals surface area (Å²) in [6, 6.07) is 11.1. The van der Waals surface area contributed by atoms with Crippen molar-refractivity contribution in [1.29, 1.82) is 0 Å². The van der Waals surface area contributed by atoms with E-state index in [0.29, 0.717) is 31.6 Å². The Hall–Kier alpha value is -2.93. The predicted molar refractivity (Wildman–Crippen MR) is 116 cm³/mol. The normalized spacial score (nSPS) is 14.0. The molecule has 0 fully saturated rings. The van der Waals surface area contributed by atoms with Crippen LogP contribution in [0.1, 0.15) is 28.8 Å². The van der Waals surface area contributed by atoms with Gasteiger partial charge in [-0.15, -0.1) is 0 Å². The molecule has 1 aliphatic rings. The van der Waals surface area contributed by atoms with E-state index >= 15 is 0 Å². The minimum Gasteiger partial charge on any atom is -0.352 e. The molecule has 4 rings (SSSR count). The SMILES string of the molecule is O=C(NCCC(=O)N1CC=C(c2c[nH]c3ncccc23)CC1)c1ccc(Br)cc1. The number of benzene rings is 1. The van der Waals surface area contributed by atoms with E-state index < -0.39 is 0 Å². The maximum atomic E-state index is 12.5. The number of nitrogens with one attached hydrogen (secondary N) is 2. The van der Waals surface area contributed by atoms with Crippen LogP contribution >= 0.6 is 15.9 Å². The van der Waals surface area contributed by atoms with Crippen LogP contribution < -0.4 is 5.32 Å². The minimum absolute atomic E-state index is 0.0528. The first-order chi connectivity index (χ1) is 14.1. The molecule has 2 amide bonds. The molecule has 6 nitrogen and oxygen atoms in total. The van der Waals surface area contributed by atoms with Crippen molar-refractivity contribution in [2.75, 3.05) is 19.6 Å². The summed E-state index contributed by atoms with van der Waals surface area (Å²) in [5, 5.41) is 3.92. The number of nitrogens with zero attached hydrogens (tertiary/aromatic N) is 2. The number of fused-ring (bicyclic) bond motifs is 1. The third kappa shape index (κ3) is 4.40. The van der Waals surface area contributed by atoms with Gasteiger partial charge in [0.05, 0.1) is 0 Å². The number of rotatable bonds is 5. The fourth-order valence-corrected chi connectivity index (χ4v) is 3.77. The maximum Gasteiger partial charge on any atom is 0.251 e. The summed E-state index contributed by atoms with van der Waals surface area (Å²) < 4.78 is 0.922. The van der Waals surface area contributed by atoms with Crippen molar-refractivity contribution < 1.29 is 9.59 Å². The highest BCUT2D eigenvalue weighted by Crippen LogP contribution is 2.28. The molecule has 0 unspecified atom stereocenters. The van der Waals surface area contributed by atoms with Gasteiger partial charge in [0, 0.05) is 59.4 Å². The van der Waals surface area contributed by atoms with Crippen LogP contribution in [0, 0.1) is 0 Å². The van der Waals surface area contributed by atoms with E-state index in [9.17, 15) is 9.59 Å². The van der Waals surface area contributed by atoms with Gasteiger partial charge in [0.1, 0.15) is 5.65 Å². The Balaban J connectivity index is 1.29. The molecule has 0 atom stereocenters. The Labute approximate surface area is 177 Å². The molecule has 7 heteroatoms. The third-order valence-corrected chi connectivity index (χ3v) is 5.62. The Bertz CT molecular complexity index is 1070. The van der Waals surface area contributed by atoms with E-state index in [0.717, 1.165) is 27.5 Å². The molecule has 0 radical (unpaired) electrons. The fourth-order valence-electron chi connectivity index (χ4n) is 3.51. The monoisotopic (exact) mass is 452 g/mol. The van der Waals surface area contributed by atoms with E-state index in [2.05, 4.69) is 43.4 Å². The van der Waals surface area contributed by atoms with Crippen molar-refractivity contribution in [2.24, 2.45) is 0 Å². The summed E-state index contributed by atoms with van der Waals surface area (Å²) in [6.07, 6.45) is 6.96. The van der Waals surface area contributed by atoms with Crippen molar-refractivity contribution in [3.63, 3.8) is 0 Å². The van der Waals surface area contributed by atoms with Crippen molar-refractivity contribution in [2.45, 2.75) is 12.8 Å². The summed E-state index contributed by atoms with van der Waals surface area (Å²) in [4.78, 5) is 34.0. The van der Waals surface area contributed by atoms with E-state index in [1.54, 1.807) is 18.3 Å². The van der Waals surface area contributed by atoms with Crippen molar-refractivity contribution >= 4 is 44.4 Å². The molecule has 1 aliphatic heterocycles. The van der Waals surface area contributed by atoms with Gasteiger partial charge in [-0.2, -0.15) is 0 Å². The number of halogens is 1. The lowest BCUT2D eigenvalue weighted by Crippen LogP contribution is -2.37. The zero-order valence-corrected chi connectivity index (χ0v) is 17.4. The molecular formula is C22H21BrN4O2. The number of aromatic amines is 1. The van der Waals surface area contributed by atoms with E-state index in [4.69, 9.17) is 0 Å². The summed E-state index contributed by atoms with van der Waals surface area (Å²) in [7, 11) is 0. The number of carbonyl (C=O) groups is 2. The van der Waals surface area contributed by atoms with Crippen molar-refractivity contribution in [3.05, 3.63) is 70.5 Å². The number of hydrogen-bond acceptors (Lipinski definition) is 3. The summed E-state index contributed by atoms with van der Waals surface area (Å²) in [5.74, 6) is -0.115. The number of aromatic nitrogens is 2. The zero-order valence-electron chi connectivity index (χ0n) is 15.8. The van der Waals surface area contributed by atoms with Gasteiger partial charge in [0.2, 0.25) is 5.91 Å². The fraction of sp³-hybridized carbons (Fsp3) is 0.227. The molecule has 3 heterocycles. The van der Waals surface area contributed by atoms with E-state index in [1.165, 1.54) is 5.57 Å². The van der Waals surface area contributed by atoms with Crippen LogP contribution in [-0.4, -0.2) is 46.3 Å². The average Bonchev–Trinajstić information content (AvgIpc) is 3.18. The highest BCUT2D eigenvalue weighted by molar-refractivity contribution is 9.10. The van der Waals surface area contributed by atoms with Gasteiger partial charge >= 0.3 is 0 Å². The molecule has 3 aromatic rings. The third-order valence-electron chi connectivity index (χ3n) is 5.09. The van der Waals surface area contributed by atoms with E-state index in [-0.39, 0.29) is 11.8 Å². The van der Waals surface area contributed by atoms with Crippen LogP contribution in [0.4, 0.5) is 0 Å². The number of hydrogen-bond donors (Lipinski definition) is 2. The van der Waals surface area contributed by atoms with Gasteiger partial charge in [0.15, 0.2) is 0 Å². The lowest BCUT2D eigenvalue weighted by molar-refractivity contribution is -0.130. The van der Waals surface area contributed by atoms with Gasteiger partial charge in [0.25, 0.3) is 5.91 Å². The molecular weight excluding hydrogens is 432 g/mol. The van der Waals surface area contributed by atoms with Gasteiger partial charge in [-0.3, -0.25) is 9.59 Å². The molecule has 29 heavy (non-hydrogen) atoms. The highest BCUT2D eigenvalue weighted by Gasteiger charge is 2.19. The van der Waals surface area contributed by atoms with Crippen LogP contribution in [0.2, 0.25) is 0 Å². The van der Waals surface area contributed by atoms with Crippen molar-refractivity contribution in [1.82, 2.24) is 20.2 Å². The van der Waals surface area contributed by atoms with Crippen LogP contribution in [0.3, 0.4) is 0 Å². The quantitative estimate of drug-likeness (QED) is 0.618. The molecule has 0 bridgehead atoms. The molecule has 2 N–H and O–H groups in total. The van der Waals surface area contributed by atoms with Crippen LogP contribution in [-0.2, 0) is 4.79 Å². The van der Waals surface area contributed by atoms with Crippen LogP contribution in [0.25, 0.3) is 16.6 Å². The zero-order chi connectivity index (χ0) is 20.2. The van der Waals surface area contributed by atoms with Gasteiger partial charge in [-0.25, -0.2) is 4.98 Å². The molecule has 0 aliphatic carbocycles. The molecule has 0 saturated heterocycles. The Morgan fingerprint density at radius 3 is 2.79 bits per heavy atom. The van der Waals surface area contributed by atoms with Crippen LogP contribution in [0.15, 0.2) is 59.3 Å². The Kier molecular flexibility index (Phi) is 5.76. The number of H-pyrrole nitrogens is 1. The molecule has 0 spiro atoms. The first-order valence-electron chi connectivity index (χ1n) is 9.55. The predicted octanol–water partition coefficient (Wildman–Crippen LogP) is 3.76. The number of amides is 2. The summed E-state index contributed by atoms with van der Waals surface area (Å²) in [5.41, 5.74) is 3.85. The minimum atomic E-state index is -0.168. The van der Waals surface area contributed by atoms with E-state index in [1.807, 2.05) is 29.3 Å². The topological polar surface area (TPSA) is 78.1 Å².